The van der Waals surface area contributed by atoms with Crippen molar-refractivity contribution in [3.05, 3.63) is 52.1 Å². The van der Waals surface area contributed by atoms with Crippen LogP contribution < -0.4 is 0 Å². The second kappa shape index (κ2) is 5.33. The van der Waals surface area contributed by atoms with Gasteiger partial charge in [0.15, 0.2) is 0 Å². The second-order valence-corrected chi connectivity index (χ2v) is 5.42. The summed E-state index contributed by atoms with van der Waals surface area (Å²) in [7, 11) is 0. The smallest absolute Gasteiger partial charge is 0.130 e. The van der Waals surface area contributed by atoms with Gasteiger partial charge in [-0.05, 0) is 43.4 Å². The van der Waals surface area contributed by atoms with E-state index in [2.05, 4.69) is 5.10 Å². The van der Waals surface area contributed by atoms with Crippen molar-refractivity contribution in [2.75, 3.05) is 0 Å². The summed E-state index contributed by atoms with van der Waals surface area (Å²) in [5.41, 5.74) is 3.20. The molecule has 1 aromatic carbocycles. The minimum atomic E-state index is -0.220. The molecule has 1 heterocycles. The van der Waals surface area contributed by atoms with Crippen molar-refractivity contribution >= 4 is 11.6 Å². The molecule has 0 unspecified atom stereocenters. The van der Waals surface area contributed by atoms with E-state index in [4.69, 9.17) is 11.6 Å². The fourth-order valence-corrected chi connectivity index (χ4v) is 2.96. The number of hydrogen-bond donors (Lipinski definition) is 0. The second-order valence-electron chi connectivity index (χ2n) is 5.06. The van der Waals surface area contributed by atoms with E-state index in [1.54, 1.807) is 10.7 Å². The molecule has 0 aliphatic heterocycles. The minimum Gasteiger partial charge on any atom is -0.249 e. The van der Waals surface area contributed by atoms with Crippen LogP contribution in [0.2, 0.25) is 5.15 Å². The number of benzene rings is 1. The van der Waals surface area contributed by atoms with Gasteiger partial charge >= 0.3 is 0 Å². The molecular formula is C15H16ClFN2. The molecule has 0 N–H and O–H groups in total. The van der Waals surface area contributed by atoms with Gasteiger partial charge in [0.25, 0.3) is 0 Å². The molecular weight excluding hydrogens is 263 g/mol. The maximum Gasteiger partial charge on any atom is 0.130 e. The van der Waals surface area contributed by atoms with Crippen molar-refractivity contribution in [1.29, 1.82) is 0 Å². The van der Waals surface area contributed by atoms with Crippen LogP contribution in [0, 0.1) is 5.82 Å². The highest BCUT2D eigenvalue weighted by atomic mass is 35.5. The van der Waals surface area contributed by atoms with Crippen LogP contribution >= 0.6 is 11.6 Å². The lowest BCUT2D eigenvalue weighted by atomic mass is 10.1. The molecule has 0 fully saturated rings. The normalized spacial score (nSPS) is 15.1. The number of aryl methyl sites for hydroxylation is 1. The van der Waals surface area contributed by atoms with Gasteiger partial charge < -0.3 is 0 Å². The summed E-state index contributed by atoms with van der Waals surface area (Å²) in [5.74, 6) is -0.220. The first-order valence-corrected chi connectivity index (χ1v) is 7.10. The molecule has 0 spiro atoms. The Morgan fingerprint density at radius 3 is 2.89 bits per heavy atom. The zero-order chi connectivity index (χ0) is 13.2. The van der Waals surface area contributed by atoms with E-state index in [1.165, 1.54) is 37.0 Å². The molecule has 19 heavy (non-hydrogen) atoms. The Morgan fingerprint density at radius 1 is 1.21 bits per heavy atom. The predicted octanol–water partition coefficient (Wildman–Crippen LogP) is 3.99. The fourth-order valence-electron chi connectivity index (χ4n) is 2.66. The van der Waals surface area contributed by atoms with Gasteiger partial charge in [-0.15, -0.1) is 0 Å². The van der Waals surface area contributed by atoms with Crippen molar-refractivity contribution in [3.63, 3.8) is 0 Å². The lowest BCUT2D eigenvalue weighted by Crippen LogP contribution is -2.03. The average Bonchev–Trinajstić information content (AvgIpc) is 2.58. The number of nitrogens with zero attached hydrogens (tertiary/aromatic N) is 2. The molecule has 1 aliphatic rings. The van der Waals surface area contributed by atoms with E-state index >= 15 is 0 Å². The number of fused-ring (bicyclic) bond motifs is 1. The van der Waals surface area contributed by atoms with Crippen molar-refractivity contribution in [3.8, 4) is 0 Å². The highest BCUT2D eigenvalue weighted by molar-refractivity contribution is 6.30. The third-order valence-corrected chi connectivity index (χ3v) is 4.05. The van der Waals surface area contributed by atoms with Crippen LogP contribution in [0.3, 0.4) is 0 Å². The van der Waals surface area contributed by atoms with E-state index in [1.807, 2.05) is 6.07 Å². The largest absolute Gasteiger partial charge is 0.249 e. The molecule has 2 nitrogen and oxygen atoms in total. The minimum absolute atomic E-state index is 0.220. The first-order chi connectivity index (χ1) is 9.24. The van der Waals surface area contributed by atoms with Gasteiger partial charge in [-0.2, -0.15) is 5.10 Å². The van der Waals surface area contributed by atoms with E-state index in [0.29, 0.717) is 6.54 Å². The standard InChI is InChI=1S/C15H16ClFN2/c16-15-13-7-2-1-3-8-14(13)18-19(15)10-11-5-4-6-12(17)9-11/h4-6,9H,1-3,7-8,10H2. The molecule has 0 amide bonds. The van der Waals surface area contributed by atoms with Crippen LogP contribution in [0.25, 0.3) is 0 Å². The Bertz CT molecular complexity index is 592. The third-order valence-electron chi connectivity index (χ3n) is 3.63. The van der Waals surface area contributed by atoms with Gasteiger partial charge in [-0.25, -0.2) is 9.07 Å². The van der Waals surface area contributed by atoms with Crippen LogP contribution in [0.4, 0.5) is 4.39 Å². The average molecular weight is 279 g/mol. The van der Waals surface area contributed by atoms with Gasteiger partial charge in [0.05, 0.1) is 12.2 Å². The molecule has 0 radical (unpaired) electrons. The van der Waals surface area contributed by atoms with Crippen LogP contribution in [-0.4, -0.2) is 9.78 Å². The van der Waals surface area contributed by atoms with Crippen LogP contribution in [-0.2, 0) is 19.4 Å². The highest BCUT2D eigenvalue weighted by Crippen LogP contribution is 2.27. The zero-order valence-electron chi connectivity index (χ0n) is 10.7. The molecule has 0 saturated heterocycles. The van der Waals surface area contributed by atoms with Gasteiger partial charge in [-0.3, -0.25) is 0 Å². The quantitative estimate of drug-likeness (QED) is 0.760. The van der Waals surface area contributed by atoms with Crippen molar-refractivity contribution in [2.45, 2.75) is 38.6 Å². The zero-order valence-corrected chi connectivity index (χ0v) is 11.5. The third kappa shape index (κ3) is 2.66. The van der Waals surface area contributed by atoms with E-state index in [-0.39, 0.29) is 5.82 Å². The Labute approximate surface area is 117 Å². The predicted molar refractivity (Wildman–Crippen MR) is 74.0 cm³/mol. The van der Waals surface area contributed by atoms with E-state index in [0.717, 1.165) is 29.3 Å². The lowest BCUT2D eigenvalue weighted by molar-refractivity contribution is 0.616. The van der Waals surface area contributed by atoms with Gasteiger partial charge in [0.1, 0.15) is 11.0 Å². The lowest BCUT2D eigenvalue weighted by Gasteiger charge is -2.04. The summed E-state index contributed by atoms with van der Waals surface area (Å²) in [6, 6.07) is 6.59. The molecule has 1 aliphatic carbocycles. The Kier molecular flexibility index (Phi) is 3.56. The van der Waals surface area contributed by atoms with Crippen LogP contribution in [0.15, 0.2) is 24.3 Å². The SMILES string of the molecule is Fc1cccc(Cn2nc3c(c2Cl)CCCCC3)c1. The summed E-state index contributed by atoms with van der Waals surface area (Å²) in [4.78, 5) is 0. The maximum absolute atomic E-state index is 13.2. The van der Waals surface area contributed by atoms with Crippen molar-refractivity contribution in [1.82, 2.24) is 9.78 Å². The molecule has 4 heteroatoms. The molecule has 3 rings (SSSR count). The summed E-state index contributed by atoms with van der Waals surface area (Å²) in [6.45, 7) is 0.531. The molecule has 100 valence electrons. The summed E-state index contributed by atoms with van der Waals surface area (Å²) in [6.07, 6.45) is 5.62. The molecule has 0 bridgehead atoms. The summed E-state index contributed by atoms with van der Waals surface area (Å²) >= 11 is 6.41. The van der Waals surface area contributed by atoms with Gasteiger partial charge in [0, 0.05) is 5.56 Å². The Morgan fingerprint density at radius 2 is 2.05 bits per heavy atom. The van der Waals surface area contributed by atoms with Gasteiger partial charge in [0.2, 0.25) is 0 Å². The van der Waals surface area contributed by atoms with Crippen molar-refractivity contribution < 1.29 is 4.39 Å². The maximum atomic E-state index is 13.2. The number of hydrogen-bond acceptors (Lipinski definition) is 1. The summed E-state index contributed by atoms with van der Waals surface area (Å²) in [5, 5.41) is 5.32. The number of halogens is 2. The first-order valence-electron chi connectivity index (χ1n) is 6.72. The molecule has 0 atom stereocenters. The molecule has 0 saturated carbocycles. The Hall–Kier alpha value is -1.35. The van der Waals surface area contributed by atoms with Crippen LogP contribution in [0.1, 0.15) is 36.1 Å². The molecule has 2 aromatic rings. The number of rotatable bonds is 2. The summed E-state index contributed by atoms with van der Waals surface area (Å²) < 4.78 is 15.0. The van der Waals surface area contributed by atoms with E-state index < -0.39 is 0 Å². The fraction of sp³-hybridized carbons (Fsp3) is 0.400. The molecule has 1 aromatic heterocycles. The monoisotopic (exact) mass is 278 g/mol. The van der Waals surface area contributed by atoms with Gasteiger partial charge in [-0.1, -0.05) is 30.2 Å². The van der Waals surface area contributed by atoms with Crippen molar-refractivity contribution in [2.24, 2.45) is 0 Å². The number of aromatic nitrogens is 2. The Balaban J connectivity index is 1.89. The highest BCUT2D eigenvalue weighted by Gasteiger charge is 2.18. The topological polar surface area (TPSA) is 17.8 Å². The van der Waals surface area contributed by atoms with Crippen LogP contribution in [0.5, 0.6) is 0 Å². The first kappa shape index (κ1) is 12.7. The van der Waals surface area contributed by atoms with E-state index in [9.17, 15) is 4.39 Å².